The van der Waals surface area contributed by atoms with Crippen LogP contribution in [0.15, 0.2) is 42.9 Å². The van der Waals surface area contributed by atoms with E-state index in [1.807, 2.05) is 0 Å². The number of H-pyrrole nitrogens is 1. The molecule has 0 radical (unpaired) electrons. The van der Waals surface area contributed by atoms with Gasteiger partial charge >= 0.3 is 0 Å². The molecule has 3 N–H and O–H groups in total. The quantitative estimate of drug-likeness (QED) is 0.488. The number of halogens is 2. The number of thiol groups is 1. The van der Waals surface area contributed by atoms with Crippen LogP contribution in [0.3, 0.4) is 0 Å². The first-order valence-corrected chi connectivity index (χ1v) is 8.01. The van der Waals surface area contributed by atoms with E-state index in [9.17, 15) is 8.78 Å². The summed E-state index contributed by atoms with van der Waals surface area (Å²) in [6, 6.07) is 5.79. The lowest BCUT2D eigenvalue weighted by Gasteiger charge is -2.08. The van der Waals surface area contributed by atoms with E-state index in [1.54, 1.807) is 24.5 Å². The Morgan fingerprint density at radius 2 is 1.83 bits per heavy atom. The number of nitrogen functional groups attached to an aromatic ring is 1. The molecule has 0 amide bonds. The number of benzene rings is 1. The van der Waals surface area contributed by atoms with Gasteiger partial charge in [0.25, 0.3) is 0 Å². The van der Waals surface area contributed by atoms with Crippen molar-refractivity contribution in [3.63, 3.8) is 0 Å². The van der Waals surface area contributed by atoms with Gasteiger partial charge in [0.15, 0.2) is 5.82 Å². The minimum atomic E-state index is -0.801. The van der Waals surface area contributed by atoms with Gasteiger partial charge in [0, 0.05) is 18.0 Å². The molecule has 2 aromatic heterocycles. The van der Waals surface area contributed by atoms with E-state index in [-0.39, 0.29) is 16.9 Å². The van der Waals surface area contributed by atoms with Gasteiger partial charge in [0.1, 0.15) is 5.82 Å². The Hall–Kier alpha value is -2.41. The highest BCUT2D eigenvalue weighted by Gasteiger charge is 2.19. The van der Waals surface area contributed by atoms with Crippen molar-refractivity contribution < 1.29 is 8.78 Å². The molecule has 7 heteroatoms. The second kappa shape index (κ2) is 8.44. The summed E-state index contributed by atoms with van der Waals surface area (Å²) in [5.74, 6) is -0.485. The summed E-state index contributed by atoms with van der Waals surface area (Å²) in [4.78, 5) is 3.91. The molecule has 0 aliphatic carbocycles. The monoisotopic (exact) mass is 348 g/mol. The SMILES string of the molecule is CCCS.Nc1ccc(F)c(-c2[nH]ncc2-c2ccncc2)c1F. The number of nitrogens with one attached hydrogen (secondary N) is 1. The van der Waals surface area contributed by atoms with Gasteiger partial charge in [-0.15, -0.1) is 0 Å². The predicted octanol–water partition coefficient (Wildman–Crippen LogP) is 4.33. The lowest BCUT2D eigenvalue weighted by Crippen LogP contribution is -1.98. The van der Waals surface area contributed by atoms with Crippen LogP contribution >= 0.6 is 12.6 Å². The minimum absolute atomic E-state index is 0.114. The standard InChI is InChI=1S/C14H10F2N4.C3H8S/c15-10-1-2-11(17)13(16)12(10)14-9(7-19-20-14)8-3-5-18-6-4-8;1-2-3-4/h1-7H,17H2,(H,19,20);4H,2-3H2,1H3. The second-order valence-electron chi connectivity index (χ2n) is 4.94. The molecule has 4 nitrogen and oxygen atoms in total. The van der Waals surface area contributed by atoms with Gasteiger partial charge in [0.05, 0.1) is 23.1 Å². The van der Waals surface area contributed by atoms with Gasteiger partial charge in [-0.05, 0) is 42.0 Å². The number of anilines is 1. The van der Waals surface area contributed by atoms with Gasteiger partial charge in [-0.2, -0.15) is 17.7 Å². The molecule has 0 unspecified atom stereocenters. The van der Waals surface area contributed by atoms with Crippen LogP contribution in [-0.4, -0.2) is 20.9 Å². The molecule has 2 heterocycles. The number of aromatic amines is 1. The van der Waals surface area contributed by atoms with E-state index < -0.39 is 11.6 Å². The number of hydrogen-bond donors (Lipinski definition) is 3. The number of hydrogen-bond acceptors (Lipinski definition) is 4. The van der Waals surface area contributed by atoms with Crippen molar-refractivity contribution in [1.29, 1.82) is 0 Å². The highest BCUT2D eigenvalue weighted by Crippen LogP contribution is 2.34. The van der Waals surface area contributed by atoms with E-state index >= 15 is 0 Å². The maximum atomic E-state index is 14.1. The lowest BCUT2D eigenvalue weighted by molar-refractivity contribution is 0.591. The summed E-state index contributed by atoms with van der Waals surface area (Å²) in [6.07, 6.45) is 5.88. The zero-order valence-corrected chi connectivity index (χ0v) is 14.0. The number of rotatable bonds is 3. The Labute approximate surface area is 144 Å². The highest BCUT2D eigenvalue weighted by atomic mass is 32.1. The Bertz CT molecular complexity index is 789. The first-order chi connectivity index (χ1) is 11.6. The van der Waals surface area contributed by atoms with Crippen LogP contribution < -0.4 is 5.73 Å². The van der Waals surface area contributed by atoms with Crippen molar-refractivity contribution in [2.75, 3.05) is 11.5 Å². The van der Waals surface area contributed by atoms with Crippen LogP contribution in [0.2, 0.25) is 0 Å². The average Bonchev–Trinajstić information content (AvgIpc) is 3.09. The molecule has 0 fully saturated rings. The topological polar surface area (TPSA) is 67.6 Å². The number of aromatic nitrogens is 3. The summed E-state index contributed by atoms with van der Waals surface area (Å²) in [6.45, 7) is 2.10. The van der Waals surface area contributed by atoms with E-state index in [1.165, 1.54) is 18.7 Å². The highest BCUT2D eigenvalue weighted by molar-refractivity contribution is 7.80. The molecule has 3 aromatic rings. The third kappa shape index (κ3) is 3.91. The Kier molecular flexibility index (Phi) is 6.31. The van der Waals surface area contributed by atoms with E-state index in [0.717, 1.165) is 17.4 Å². The number of pyridine rings is 1. The van der Waals surface area contributed by atoms with Crippen molar-refractivity contribution in [3.05, 3.63) is 54.5 Å². The minimum Gasteiger partial charge on any atom is -0.396 e. The van der Waals surface area contributed by atoms with Crippen molar-refractivity contribution in [2.45, 2.75) is 13.3 Å². The summed E-state index contributed by atoms with van der Waals surface area (Å²) in [7, 11) is 0. The fourth-order valence-electron chi connectivity index (χ4n) is 2.02. The van der Waals surface area contributed by atoms with Crippen LogP contribution in [0.25, 0.3) is 22.4 Å². The molecule has 0 spiro atoms. The zero-order valence-electron chi connectivity index (χ0n) is 13.1. The summed E-state index contributed by atoms with van der Waals surface area (Å²) < 4.78 is 28.0. The lowest BCUT2D eigenvalue weighted by atomic mass is 10.0. The molecule has 0 aliphatic heterocycles. The number of nitrogens with two attached hydrogens (primary N) is 1. The fourth-order valence-corrected chi connectivity index (χ4v) is 2.02. The third-order valence-electron chi connectivity index (χ3n) is 3.23. The Morgan fingerprint density at radius 3 is 2.46 bits per heavy atom. The molecule has 0 bridgehead atoms. The number of nitrogens with zero attached hydrogens (tertiary/aromatic N) is 2. The summed E-state index contributed by atoms with van der Waals surface area (Å²) in [5.41, 5.74) is 6.75. The summed E-state index contributed by atoms with van der Waals surface area (Å²) in [5, 5.41) is 6.49. The van der Waals surface area contributed by atoms with Gasteiger partial charge in [0.2, 0.25) is 0 Å². The molecular weight excluding hydrogens is 330 g/mol. The molecule has 0 saturated carbocycles. The van der Waals surface area contributed by atoms with Crippen molar-refractivity contribution in [2.24, 2.45) is 0 Å². The molecule has 0 aliphatic rings. The van der Waals surface area contributed by atoms with Gasteiger partial charge in [-0.1, -0.05) is 6.92 Å². The van der Waals surface area contributed by atoms with Gasteiger partial charge in [-0.25, -0.2) is 8.78 Å². The average molecular weight is 348 g/mol. The third-order valence-corrected chi connectivity index (χ3v) is 3.67. The second-order valence-corrected chi connectivity index (χ2v) is 5.39. The smallest absolute Gasteiger partial charge is 0.158 e. The summed E-state index contributed by atoms with van der Waals surface area (Å²) >= 11 is 3.92. The van der Waals surface area contributed by atoms with Crippen LogP contribution in [0, 0.1) is 11.6 Å². The Balaban J connectivity index is 0.000000471. The van der Waals surface area contributed by atoms with Crippen molar-refractivity contribution in [3.8, 4) is 22.4 Å². The first-order valence-electron chi connectivity index (χ1n) is 7.38. The van der Waals surface area contributed by atoms with Crippen molar-refractivity contribution in [1.82, 2.24) is 15.2 Å². The Morgan fingerprint density at radius 1 is 1.17 bits per heavy atom. The fraction of sp³-hybridized carbons (Fsp3) is 0.176. The van der Waals surface area contributed by atoms with Crippen LogP contribution in [0.5, 0.6) is 0 Å². The van der Waals surface area contributed by atoms with Crippen LogP contribution in [-0.2, 0) is 0 Å². The molecule has 24 heavy (non-hydrogen) atoms. The van der Waals surface area contributed by atoms with E-state index in [2.05, 4.69) is 34.7 Å². The molecular formula is C17H18F2N4S. The first kappa shape index (κ1) is 17.9. The van der Waals surface area contributed by atoms with Crippen LogP contribution in [0.1, 0.15) is 13.3 Å². The predicted molar refractivity (Wildman–Crippen MR) is 95.7 cm³/mol. The maximum Gasteiger partial charge on any atom is 0.158 e. The van der Waals surface area contributed by atoms with Gasteiger partial charge in [-0.3, -0.25) is 10.1 Å². The van der Waals surface area contributed by atoms with Gasteiger partial charge < -0.3 is 5.73 Å². The normalized spacial score (nSPS) is 10.2. The zero-order chi connectivity index (χ0) is 17.5. The molecule has 0 atom stereocenters. The molecule has 1 aromatic carbocycles. The maximum absolute atomic E-state index is 14.1. The van der Waals surface area contributed by atoms with Crippen molar-refractivity contribution >= 4 is 18.3 Å². The van der Waals surface area contributed by atoms with E-state index in [4.69, 9.17) is 5.73 Å². The van der Waals surface area contributed by atoms with Crippen LogP contribution in [0.4, 0.5) is 14.5 Å². The molecule has 126 valence electrons. The molecule has 3 rings (SSSR count). The molecule has 0 saturated heterocycles. The van der Waals surface area contributed by atoms with E-state index in [0.29, 0.717) is 5.56 Å². The largest absolute Gasteiger partial charge is 0.396 e.